The summed E-state index contributed by atoms with van der Waals surface area (Å²) in [7, 11) is 0. The zero-order chi connectivity index (χ0) is 38.9. The standard InChI is InChI=1S/C40H55N7O6/c1-27-18-19-41-23-30(27)25-45-20-21-47(38(45)53)34(40(5,6)7)36(50)42-31(22-28-14-10-8-11-15-28)32(48)26-46(24-29-16-12-9-13-17-29)44-35(49)33(39(2,3)4)43-37(51)52/h8-19,23,31-34,43,48H,20-22,24-26H2,1-7H3,(H,42,50)(H,44,49)(H,51,52)/t31-,32-,33+,34+/m0/s1. The maximum atomic E-state index is 14.4. The number of benzene rings is 2. The molecule has 5 N–H and O–H groups in total. The highest BCUT2D eigenvalue weighted by molar-refractivity contribution is 5.89. The van der Waals surface area contributed by atoms with Gasteiger partial charge in [-0.25, -0.2) is 14.6 Å². The van der Waals surface area contributed by atoms with Crippen molar-refractivity contribution in [3.63, 3.8) is 0 Å². The van der Waals surface area contributed by atoms with E-state index in [1.165, 1.54) is 5.01 Å². The summed E-state index contributed by atoms with van der Waals surface area (Å²) in [6.45, 7) is 14.2. The van der Waals surface area contributed by atoms with Gasteiger partial charge in [0.1, 0.15) is 12.1 Å². The van der Waals surface area contributed by atoms with Gasteiger partial charge < -0.3 is 30.6 Å². The minimum absolute atomic E-state index is 0.108. The molecule has 1 aliphatic heterocycles. The molecule has 53 heavy (non-hydrogen) atoms. The molecule has 0 aliphatic carbocycles. The Hall–Kier alpha value is -5.01. The summed E-state index contributed by atoms with van der Waals surface area (Å²) in [4.78, 5) is 61.0. The van der Waals surface area contributed by atoms with Gasteiger partial charge in [-0.1, -0.05) is 102 Å². The lowest BCUT2D eigenvalue weighted by Crippen LogP contribution is -2.61. The first-order valence-corrected chi connectivity index (χ1v) is 18.0. The van der Waals surface area contributed by atoms with Gasteiger partial charge in [-0.15, -0.1) is 0 Å². The van der Waals surface area contributed by atoms with Crippen molar-refractivity contribution in [3.05, 3.63) is 101 Å². The minimum atomic E-state index is -1.33. The molecule has 1 saturated heterocycles. The zero-order valence-electron chi connectivity index (χ0n) is 31.9. The van der Waals surface area contributed by atoms with Crippen LogP contribution >= 0.6 is 0 Å². The maximum Gasteiger partial charge on any atom is 0.405 e. The molecule has 1 aromatic heterocycles. The van der Waals surface area contributed by atoms with E-state index in [2.05, 4.69) is 21.0 Å². The second-order valence-electron chi connectivity index (χ2n) is 15.9. The molecule has 5 amide bonds. The molecule has 13 nitrogen and oxygen atoms in total. The molecule has 13 heteroatoms. The summed E-state index contributed by atoms with van der Waals surface area (Å²) >= 11 is 0. The van der Waals surface area contributed by atoms with Crippen molar-refractivity contribution in [3.8, 4) is 0 Å². The third-order valence-electron chi connectivity index (χ3n) is 9.39. The molecule has 2 aromatic carbocycles. The van der Waals surface area contributed by atoms with E-state index in [-0.39, 0.29) is 25.5 Å². The van der Waals surface area contributed by atoms with E-state index >= 15 is 0 Å². The first-order chi connectivity index (χ1) is 24.9. The number of hydrazine groups is 1. The number of carbonyl (C=O) groups is 4. The van der Waals surface area contributed by atoms with Crippen LogP contribution in [0.25, 0.3) is 0 Å². The molecule has 1 fully saturated rings. The fourth-order valence-electron chi connectivity index (χ4n) is 6.60. The Morgan fingerprint density at radius 2 is 1.49 bits per heavy atom. The zero-order valence-corrected chi connectivity index (χ0v) is 31.9. The third-order valence-corrected chi connectivity index (χ3v) is 9.39. The van der Waals surface area contributed by atoms with Crippen LogP contribution in [0.4, 0.5) is 9.59 Å². The van der Waals surface area contributed by atoms with Crippen LogP contribution in [0.2, 0.25) is 0 Å². The first-order valence-electron chi connectivity index (χ1n) is 18.0. The summed E-state index contributed by atoms with van der Waals surface area (Å²) in [6.07, 6.45) is 1.20. The molecule has 0 bridgehead atoms. The van der Waals surface area contributed by atoms with Crippen LogP contribution < -0.4 is 16.1 Å². The largest absolute Gasteiger partial charge is 0.465 e. The SMILES string of the molecule is Cc1ccncc1CN1CCN([C@H](C(=O)N[C@@H](Cc2ccccc2)[C@@H](O)CN(Cc2ccccc2)NC(=O)[C@@H](NC(=O)O)C(C)(C)C)C(C)(C)C)C1=O. The van der Waals surface area contributed by atoms with Gasteiger partial charge in [0.15, 0.2) is 0 Å². The summed E-state index contributed by atoms with van der Waals surface area (Å²) in [6, 6.07) is 17.7. The van der Waals surface area contributed by atoms with Crippen LogP contribution in [0.5, 0.6) is 0 Å². The number of rotatable bonds is 15. The van der Waals surface area contributed by atoms with Gasteiger partial charge in [0.2, 0.25) is 5.91 Å². The lowest BCUT2D eigenvalue weighted by Gasteiger charge is -2.38. The summed E-state index contributed by atoms with van der Waals surface area (Å²) in [5.41, 5.74) is 5.10. The Kier molecular flexibility index (Phi) is 13.6. The number of pyridine rings is 1. The second kappa shape index (κ2) is 17.7. The quantitative estimate of drug-likeness (QED) is 0.144. The number of nitrogens with one attached hydrogen (secondary N) is 3. The predicted molar refractivity (Wildman–Crippen MR) is 202 cm³/mol. The smallest absolute Gasteiger partial charge is 0.405 e. The number of carbonyl (C=O) groups excluding carboxylic acids is 3. The summed E-state index contributed by atoms with van der Waals surface area (Å²) in [5.74, 6) is -0.986. The number of hydrogen-bond donors (Lipinski definition) is 5. The van der Waals surface area contributed by atoms with Gasteiger partial charge in [-0.3, -0.25) is 20.0 Å². The van der Waals surface area contributed by atoms with Crippen molar-refractivity contribution in [2.45, 2.75) is 92.2 Å². The maximum absolute atomic E-state index is 14.4. The molecule has 0 radical (unpaired) electrons. The van der Waals surface area contributed by atoms with Crippen molar-refractivity contribution in [1.29, 1.82) is 0 Å². The molecule has 3 aromatic rings. The molecule has 2 heterocycles. The fraction of sp³-hybridized carbons (Fsp3) is 0.475. The Morgan fingerprint density at radius 3 is 2.06 bits per heavy atom. The van der Waals surface area contributed by atoms with Crippen molar-refractivity contribution in [1.82, 2.24) is 35.9 Å². The molecule has 286 valence electrons. The molecule has 0 saturated carbocycles. The fourth-order valence-corrected chi connectivity index (χ4v) is 6.60. The second-order valence-corrected chi connectivity index (χ2v) is 15.9. The monoisotopic (exact) mass is 729 g/mol. The van der Waals surface area contributed by atoms with Gasteiger partial charge in [-0.2, -0.15) is 0 Å². The topological polar surface area (TPSA) is 167 Å². The van der Waals surface area contributed by atoms with Crippen molar-refractivity contribution < 1.29 is 29.4 Å². The van der Waals surface area contributed by atoms with E-state index in [4.69, 9.17) is 0 Å². The molecule has 4 rings (SSSR count). The molecule has 0 spiro atoms. The summed E-state index contributed by atoms with van der Waals surface area (Å²) in [5, 5.41) is 28.4. The molecule has 0 unspecified atom stereocenters. The highest BCUT2D eigenvalue weighted by Crippen LogP contribution is 2.29. The van der Waals surface area contributed by atoms with Crippen LogP contribution in [0.15, 0.2) is 79.1 Å². The number of aliphatic hydroxyl groups excluding tert-OH is 1. The lowest BCUT2D eigenvalue weighted by molar-refractivity contribution is -0.133. The number of hydrogen-bond acceptors (Lipinski definition) is 7. The van der Waals surface area contributed by atoms with E-state index in [9.17, 15) is 29.4 Å². The highest BCUT2D eigenvalue weighted by atomic mass is 16.4. The van der Waals surface area contributed by atoms with Gasteiger partial charge >= 0.3 is 12.1 Å². The average molecular weight is 730 g/mol. The normalized spacial score (nSPS) is 15.8. The molecule has 1 aliphatic rings. The third kappa shape index (κ3) is 11.5. The average Bonchev–Trinajstić information content (AvgIpc) is 3.42. The van der Waals surface area contributed by atoms with Crippen LogP contribution in [0.1, 0.15) is 63.8 Å². The van der Waals surface area contributed by atoms with E-state index in [0.29, 0.717) is 19.6 Å². The Morgan fingerprint density at radius 1 is 0.868 bits per heavy atom. The van der Waals surface area contributed by atoms with E-state index in [0.717, 1.165) is 22.3 Å². The summed E-state index contributed by atoms with van der Waals surface area (Å²) < 4.78 is 0. The number of nitrogens with zero attached hydrogens (tertiary/aromatic N) is 4. The lowest BCUT2D eigenvalue weighted by atomic mass is 9.84. The van der Waals surface area contributed by atoms with Crippen molar-refractivity contribution in [2.24, 2.45) is 10.8 Å². The number of amides is 5. The predicted octanol–water partition coefficient (Wildman–Crippen LogP) is 4.35. The van der Waals surface area contributed by atoms with E-state index in [1.807, 2.05) is 94.4 Å². The van der Waals surface area contributed by atoms with Crippen molar-refractivity contribution in [2.75, 3.05) is 19.6 Å². The van der Waals surface area contributed by atoms with Crippen LogP contribution in [-0.4, -0.2) is 97.8 Å². The molecule has 4 atom stereocenters. The number of aryl methyl sites for hydroxylation is 1. The van der Waals surface area contributed by atoms with Crippen LogP contribution in [-0.2, 0) is 29.1 Å². The minimum Gasteiger partial charge on any atom is -0.465 e. The van der Waals surface area contributed by atoms with Crippen LogP contribution in [0, 0.1) is 17.8 Å². The van der Waals surface area contributed by atoms with E-state index < -0.39 is 53.0 Å². The van der Waals surface area contributed by atoms with Crippen LogP contribution in [0.3, 0.4) is 0 Å². The number of urea groups is 1. The number of aliphatic hydroxyl groups is 1. The number of carboxylic acid groups (broad SMARTS) is 1. The highest BCUT2D eigenvalue weighted by Gasteiger charge is 2.44. The van der Waals surface area contributed by atoms with Gasteiger partial charge in [-0.05, 0) is 52.5 Å². The first kappa shape index (κ1) is 40.8. The van der Waals surface area contributed by atoms with Crippen molar-refractivity contribution >= 4 is 23.9 Å². The molecular formula is C40H55N7O6. The van der Waals surface area contributed by atoms with E-state index in [1.54, 1.807) is 43.0 Å². The van der Waals surface area contributed by atoms with Gasteiger partial charge in [0.25, 0.3) is 5.91 Å². The number of aromatic nitrogens is 1. The Labute approximate surface area is 312 Å². The van der Waals surface area contributed by atoms with Gasteiger partial charge in [0, 0.05) is 45.1 Å². The van der Waals surface area contributed by atoms with Gasteiger partial charge in [0.05, 0.1) is 12.1 Å². The Balaban J connectivity index is 1.60. The molecular weight excluding hydrogens is 674 g/mol. The Bertz CT molecular complexity index is 1690.